The lowest BCUT2D eigenvalue weighted by atomic mass is 9.97. The number of rotatable bonds is 5. The first-order chi connectivity index (χ1) is 15.6. The molecule has 2 aliphatic rings. The number of sulfonamides is 1. The third-order valence-electron chi connectivity index (χ3n) is 5.99. The maximum absolute atomic E-state index is 13.6. The van der Waals surface area contributed by atoms with Gasteiger partial charge in [0.25, 0.3) is 0 Å². The number of anilines is 1. The summed E-state index contributed by atoms with van der Waals surface area (Å²) in [5.74, 6) is 0.505. The molecule has 33 heavy (non-hydrogen) atoms. The van der Waals surface area contributed by atoms with Gasteiger partial charge in [0.1, 0.15) is 11.4 Å². The number of piperidine rings is 1. The Hall–Kier alpha value is -2.45. The SMILES string of the molecule is Cc1ccc(S(=O)(=O)N2CCCC[C@@H]2c2cccnc2N(C(=O)OC(C)(C)C)C2CC2)cc1. The standard InChI is InChI=1S/C25H33N3O4S/c1-18-10-14-20(15-11-18)33(30,31)27-17-6-5-9-22(27)21-8-7-16-26-23(21)28(19-12-13-19)24(29)32-25(2,3)4/h7-8,10-11,14-16,19,22H,5-6,9,12-13,17H2,1-4H3/t22-/m1/s1. The molecular formula is C25H33N3O4S. The summed E-state index contributed by atoms with van der Waals surface area (Å²) in [6, 6.07) is 10.3. The number of aryl methyl sites for hydroxylation is 1. The molecule has 7 nitrogen and oxygen atoms in total. The number of pyridine rings is 1. The van der Waals surface area contributed by atoms with Crippen molar-refractivity contribution in [2.45, 2.75) is 82.4 Å². The molecule has 0 spiro atoms. The molecule has 0 unspecified atom stereocenters. The number of hydrogen-bond acceptors (Lipinski definition) is 5. The Labute approximate surface area is 196 Å². The minimum absolute atomic E-state index is 0.0271. The number of hydrogen-bond donors (Lipinski definition) is 0. The van der Waals surface area contributed by atoms with Crippen molar-refractivity contribution in [2.75, 3.05) is 11.4 Å². The quantitative estimate of drug-likeness (QED) is 0.598. The van der Waals surface area contributed by atoms with Gasteiger partial charge in [-0.2, -0.15) is 4.31 Å². The van der Waals surface area contributed by atoms with Crippen LogP contribution in [-0.4, -0.2) is 42.0 Å². The second-order valence-electron chi connectivity index (χ2n) is 9.94. The van der Waals surface area contributed by atoms with Crippen LogP contribution in [0.4, 0.5) is 10.6 Å². The Kier molecular flexibility index (Phi) is 6.51. The van der Waals surface area contributed by atoms with Crippen LogP contribution < -0.4 is 4.90 Å². The van der Waals surface area contributed by atoms with Crippen molar-refractivity contribution in [2.24, 2.45) is 0 Å². The van der Waals surface area contributed by atoms with E-state index in [0.717, 1.165) is 36.8 Å². The molecule has 8 heteroatoms. The van der Waals surface area contributed by atoms with Crippen molar-refractivity contribution in [3.05, 3.63) is 53.7 Å². The average Bonchev–Trinajstić information content (AvgIpc) is 3.58. The van der Waals surface area contributed by atoms with Crippen LogP contribution in [0.25, 0.3) is 0 Å². The second-order valence-corrected chi connectivity index (χ2v) is 11.8. The molecule has 0 N–H and O–H groups in total. The highest BCUT2D eigenvalue weighted by Gasteiger charge is 2.41. The molecule has 1 aliphatic heterocycles. The molecule has 2 aromatic rings. The minimum Gasteiger partial charge on any atom is -0.443 e. The lowest BCUT2D eigenvalue weighted by Crippen LogP contribution is -2.42. The van der Waals surface area contributed by atoms with E-state index in [1.807, 2.05) is 52.0 Å². The average molecular weight is 472 g/mol. The topological polar surface area (TPSA) is 79.8 Å². The van der Waals surface area contributed by atoms with E-state index in [-0.39, 0.29) is 10.9 Å². The lowest BCUT2D eigenvalue weighted by Gasteiger charge is -2.37. The number of amides is 1. The van der Waals surface area contributed by atoms with Gasteiger partial charge < -0.3 is 4.74 Å². The van der Waals surface area contributed by atoms with Crippen molar-refractivity contribution in [3.8, 4) is 0 Å². The third kappa shape index (κ3) is 5.22. The fourth-order valence-electron chi connectivity index (χ4n) is 4.27. The highest BCUT2D eigenvalue weighted by atomic mass is 32.2. The zero-order valence-electron chi connectivity index (χ0n) is 19.8. The molecule has 2 heterocycles. The zero-order chi connectivity index (χ0) is 23.8. The highest BCUT2D eigenvalue weighted by Crippen LogP contribution is 2.41. The Balaban J connectivity index is 1.73. The largest absolute Gasteiger partial charge is 0.443 e. The van der Waals surface area contributed by atoms with Crippen LogP contribution in [0.5, 0.6) is 0 Å². The molecule has 1 aromatic carbocycles. The molecule has 0 radical (unpaired) electrons. The van der Waals surface area contributed by atoms with Crippen molar-refractivity contribution >= 4 is 21.9 Å². The molecular weight excluding hydrogens is 438 g/mol. The van der Waals surface area contributed by atoms with Crippen LogP contribution in [0.15, 0.2) is 47.5 Å². The van der Waals surface area contributed by atoms with Gasteiger partial charge in [0.15, 0.2) is 0 Å². The van der Waals surface area contributed by atoms with E-state index in [2.05, 4.69) is 4.98 Å². The van der Waals surface area contributed by atoms with E-state index >= 15 is 0 Å². The van der Waals surface area contributed by atoms with Crippen molar-refractivity contribution in [3.63, 3.8) is 0 Å². The van der Waals surface area contributed by atoms with E-state index in [1.54, 1.807) is 27.5 Å². The van der Waals surface area contributed by atoms with Gasteiger partial charge >= 0.3 is 6.09 Å². The Bertz CT molecular complexity index is 1110. The van der Waals surface area contributed by atoms with Crippen LogP contribution in [-0.2, 0) is 14.8 Å². The predicted molar refractivity (Wildman–Crippen MR) is 128 cm³/mol. The van der Waals surface area contributed by atoms with Crippen LogP contribution in [0.1, 0.15) is 70.0 Å². The minimum atomic E-state index is -3.70. The maximum Gasteiger partial charge on any atom is 0.416 e. The molecule has 1 aliphatic carbocycles. The van der Waals surface area contributed by atoms with E-state index in [0.29, 0.717) is 18.8 Å². The number of benzene rings is 1. The van der Waals surface area contributed by atoms with Crippen LogP contribution >= 0.6 is 0 Å². The fraction of sp³-hybridized carbons (Fsp3) is 0.520. The normalized spacial score (nSPS) is 19.8. The molecule has 2 fully saturated rings. The summed E-state index contributed by atoms with van der Waals surface area (Å²) in [4.78, 5) is 19.6. The van der Waals surface area contributed by atoms with Crippen LogP contribution in [0.3, 0.4) is 0 Å². The van der Waals surface area contributed by atoms with E-state index in [1.165, 1.54) is 0 Å². The van der Waals surface area contributed by atoms with Gasteiger partial charge in [-0.05, 0) is 71.6 Å². The van der Waals surface area contributed by atoms with Gasteiger partial charge in [-0.15, -0.1) is 0 Å². The number of carbonyl (C=O) groups excluding carboxylic acids is 1. The van der Waals surface area contributed by atoms with Gasteiger partial charge in [-0.1, -0.05) is 30.2 Å². The van der Waals surface area contributed by atoms with E-state index in [4.69, 9.17) is 4.74 Å². The highest BCUT2D eigenvalue weighted by molar-refractivity contribution is 7.89. The number of nitrogens with zero attached hydrogens (tertiary/aromatic N) is 3. The summed E-state index contributed by atoms with van der Waals surface area (Å²) in [7, 11) is -3.70. The molecule has 0 bridgehead atoms. The molecule has 1 saturated carbocycles. The molecule has 1 saturated heterocycles. The van der Waals surface area contributed by atoms with Gasteiger partial charge in [0.05, 0.1) is 10.9 Å². The number of carbonyl (C=O) groups is 1. The van der Waals surface area contributed by atoms with Gasteiger partial charge in [0.2, 0.25) is 10.0 Å². The lowest BCUT2D eigenvalue weighted by molar-refractivity contribution is 0.0576. The predicted octanol–water partition coefficient (Wildman–Crippen LogP) is 5.21. The van der Waals surface area contributed by atoms with Crippen LogP contribution in [0.2, 0.25) is 0 Å². The van der Waals surface area contributed by atoms with Crippen molar-refractivity contribution < 1.29 is 17.9 Å². The van der Waals surface area contributed by atoms with Gasteiger partial charge in [-0.25, -0.2) is 18.2 Å². The smallest absolute Gasteiger partial charge is 0.416 e. The summed E-state index contributed by atoms with van der Waals surface area (Å²) in [6.07, 6.45) is 5.37. The van der Waals surface area contributed by atoms with Gasteiger partial charge in [0, 0.05) is 24.3 Å². The van der Waals surface area contributed by atoms with Crippen molar-refractivity contribution in [1.82, 2.24) is 9.29 Å². The zero-order valence-corrected chi connectivity index (χ0v) is 20.6. The van der Waals surface area contributed by atoms with E-state index < -0.39 is 27.8 Å². The molecule has 178 valence electrons. The Morgan fingerprint density at radius 3 is 2.42 bits per heavy atom. The Morgan fingerprint density at radius 2 is 1.79 bits per heavy atom. The van der Waals surface area contributed by atoms with E-state index in [9.17, 15) is 13.2 Å². The molecule has 1 aromatic heterocycles. The molecule has 1 amide bonds. The number of ether oxygens (including phenoxy) is 1. The maximum atomic E-state index is 13.6. The van der Waals surface area contributed by atoms with Gasteiger partial charge in [-0.3, -0.25) is 4.90 Å². The molecule has 4 rings (SSSR count). The summed E-state index contributed by atoms with van der Waals surface area (Å²) in [5, 5.41) is 0. The Morgan fingerprint density at radius 1 is 1.09 bits per heavy atom. The second kappa shape index (κ2) is 9.06. The monoisotopic (exact) mass is 471 g/mol. The third-order valence-corrected chi connectivity index (χ3v) is 7.91. The summed E-state index contributed by atoms with van der Waals surface area (Å²) in [6.45, 7) is 7.89. The molecule has 1 atom stereocenters. The summed E-state index contributed by atoms with van der Waals surface area (Å²) < 4.78 is 34.5. The first kappa shape index (κ1) is 23.7. The first-order valence-electron chi connectivity index (χ1n) is 11.6. The fourth-order valence-corrected chi connectivity index (χ4v) is 5.95. The first-order valence-corrected chi connectivity index (χ1v) is 13.1. The summed E-state index contributed by atoms with van der Waals surface area (Å²) >= 11 is 0. The van der Waals surface area contributed by atoms with Crippen molar-refractivity contribution in [1.29, 1.82) is 0 Å². The van der Waals surface area contributed by atoms with Crippen LogP contribution in [0, 0.1) is 6.92 Å². The summed E-state index contributed by atoms with van der Waals surface area (Å²) in [5.41, 5.74) is 1.13. The number of aromatic nitrogens is 1.